The largest absolute Gasteiger partial charge is 0.284 e. The monoisotopic (exact) mass is 498 g/mol. The highest BCUT2D eigenvalue weighted by Crippen LogP contribution is 2.23. The van der Waals surface area contributed by atoms with Crippen LogP contribution < -0.4 is 5.62 Å². The van der Waals surface area contributed by atoms with Crippen molar-refractivity contribution in [2.24, 2.45) is 10.2 Å². The predicted octanol–water partition coefficient (Wildman–Crippen LogP) is 7.47. The average Bonchev–Trinajstić information content (AvgIpc) is 3.27. The summed E-state index contributed by atoms with van der Waals surface area (Å²) in [6.07, 6.45) is 4.20. The first-order valence-electron chi connectivity index (χ1n) is 13.0. The van der Waals surface area contributed by atoms with Gasteiger partial charge in [0.25, 0.3) is 0 Å². The van der Waals surface area contributed by atoms with Crippen molar-refractivity contribution < 1.29 is 0 Å². The van der Waals surface area contributed by atoms with Crippen LogP contribution in [0.3, 0.4) is 0 Å². The molecule has 0 bridgehead atoms. The lowest BCUT2D eigenvalue weighted by Gasteiger charge is -2.15. The fourth-order valence-electron chi connectivity index (χ4n) is 5.50. The van der Waals surface area contributed by atoms with E-state index in [-0.39, 0.29) is 0 Å². The van der Waals surface area contributed by atoms with Crippen molar-refractivity contribution in [1.29, 1.82) is 0 Å². The highest BCUT2D eigenvalue weighted by atomic mass is 15.3. The van der Waals surface area contributed by atoms with E-state index in [1.54, 1.807) is 0 Å². The van der Waals surface area contributed by atoms with Gasteiger partial charge in [0.2, 0.25) is 5.62 Å². The Balaban J connectivity index is 1.84. The standard InChI is InChI=1S/C34H34N4/c1-23-19-25(3)32(26(4)20-23)37-17-18-38(33-27(5)21-24(2)22-28(33)6)34(37)36-35-31(29-13-9-7-10-14-29)30-15-11-8-12-16-30/h7-22H,1-6H3. The number of aryl methyl sites for hydroxylation is 6. The minimum absolute atomic E-state index is 0.750. The molecule has 1 heterocycles. The molecule has 5 rings (SSSR count). The number of hydrogen-bond donors (Lipinski definition) is 0. The first-order chi connectivity index (χ1) is 18.3. The molecular formula is C34H34N4. The maximum atomic E-state index is 5.00. The molecule has 0 aliphatic heterocycles. The topological polar surface area (TPSA) is 34.6 Å². The van der Waals surface area contributed by atoms with Gasteiger partial charge in [-0.05, 0) is 63.8 Å². The minimum atomic E-state index is 0.750. The Kier molecular flexibility index (Phi) is 6.97. The molecule has 4 aromatic carbocycles. The van der Waals surface area contributed by atoms with Crippen LogP contribution in [0.25, 0.3) is 11.4 Å². The van der Waals surface area contributed by atoms with Gasteiger partial charge in [-0.15, -0.1) is 10.2 Å². The minimum Gasteiger partial charge on any atom is -0.284 e. The second-order valence-electron chi connectivity index (χ2n) is 10.1. The summed E-state index contributed by atoms with van der Waals surface area (Å²) in [5.41, 5.74) is 13.2. The van der Waals surface area contributed by atoms with Crippen molar-refractivity contribution in [3.8, 4) is 11.4 Å². The van der Waals surface area contributed by atoms with E-state index >= 15 is 0 Å². The molecule has 0 saturated heterocycles. The fourth-order valence-corrected chi connectivity index (χ4v) is 5.50. The second kappa shape index (κ2) is 10.5. The molecule has 38 heavy (non-hydrogen) atoms. The van der Waals surface area contributed by atoms with Gasteiger partial charge in [-0.3, -0.25) is 9.13 Å². The number of rotatable bonds is 5. The summed E-state index contributed by atoms with van der Waals surface area (Å²) in [7, 11) is 0. The quantitative estimate of drug-likeness (QED) is 0.178. The highest BCUT2D eigenvalue weighted by molar-refractivity contribution is 6.12. The summed E-state index contributed by atoms with van der Waals surface area (Å²) in [4.78, 5) is 0. The fraction of sp³-hybridized carbons (Fsp3) is 0.176. The second-order valence-corrected chi connectivity index (χ2v) is 10.1. The van der Waals surface area contributed by atoms with Crippen LogP contribution in [0.4, 0.5) is 0 Å². The zero-order valence-corrected chi connectivity index (χ0v) is 23.0. The van der Waals surface area contributed by atoms with Crippen LogP contribution in [0.2, 0.25) is 0 Å². The van der Waals surface area contributed by atoms with Gasteiger partial charge in [-0.1, -0.05) is 96.1 Å². The third-order valence-electron chi connectivity index (χ3n) is 6.88. The average molecular weight is 499 g/mol. The summed E-state index contributed by atoms with van der Waals surface area (Å²) in [5.74, 6) is 0. The first kappa shape index (κ1) is 25.2. The highest BCUT2D eigenvalue weighted by Gasteiger charge is 2.15. The number of imidazole rings is 1. The molecule has 0 spiro atoms. The number of hydrogen-bond acceptors (Lipinski definition) is 2. The molecule has 0 unspecified atom stereocenters. The SMILES string of the molecule is Cc1cc(C)c(-n2ccn(-c3c(C)cc(C)cc3C)c2=NN=C(c2ccccc2)c2ccccc2)c(C)c1. The molecule has 0 amide bonds. The van der Waals surface area contributed by atoms with Crippen molar-refractivity contribution in [1.82, 2.24) is 9.13 Å². The van der Waals surface area contributed by atoms with E-state index < -0.39 is 0 Å². The predicted molar refractivity (Wildman–Crippen MR) is 158 cm³/mol. The van der Waals surface area contributed by atoms with Crippen LogP contribution in [0, 0.1) is 41.5 Å². The van der Waals surface area contributed by atoms with E-state index in [1.165, 1.54) is 33.4 Å². The molecule has 0 saturated carbocycles. The van der Waals surface area contributed by atoms with E-state index in [4.69, 9.17) is 10.2 Å². The third-order valence-corrected chi connectivity index (χ3v) is 6.88. The molecule has 190 valence electrons. The van der Waals surface area contributed by atoms with Crippen LogP contribution in [-0.2, 0) is 0 Å². The van der Waals surface area contributed by atoms with Crippen LogP contribution in [-0.4, -0.2) is 14.8 Å². The van der Waals surface area contributed by atoms with Crippen molar-refractivity contribution in [2.75, 3.05) is 0 Å². The molecule has 0 aliphatic rings. The summed E-state index contributed by atoms with van der Waals surface area (Å²) in [6.45, 7) is 12.9. The Hall–Kier alpha value is -4.44. The molecule has 0 radical (unpaired) electrons. The Morgan fingerprint density at radius 2 is 0.895 bits per heavy atom. The molecule has 0 aliphatic carbocycles. The molecule has 4 heteroatoms. The van der Waals surface area contributed by atoms with Gasteiger partial charge in [0.15, 0.2) is 0 Å². The lowest BCUT2D eigenvalue weighted by molar-refractivity contribution is 0.820. The molecule has 0 N–H and O–H groups in total. The lowest BCUT2D eigenvalue weighted by Crippen LogP contribution is -2.26. The summed E-state index contributed by atoms with van der Waals surface area (Å²) >= 11 is 0. The van der Waals surface area contributed by atoms with E-state index in [2.05, 4.69) is 112 Å². The van der Waals surface area contributed by atoms with Gasteiger partial charge >= 0.3 is 0 Å². The van der Waals surface area contributed by atoms with E-state index in [9.17, 15) is 0 Å². The number of nitrogens with zero attached hydrogens (tertiary/aromatic N) is 4. The van der Waals surface area contributed by atoms with Crippen LogP contribution in [0.1, 0.15) is 44.5 Å². The van der Waals surface area contributed by atoms with E-state index in [0.717, 1.165) is 33.8 Å². The Bertz CT molecular complexity index is 1540. The maximum absolute atomic E-state index is 5.00. The van der Waals surface area contributed by atoms with Crippen molar-refractivity contribution in [3.63, 3.8) is 0 Å². The van der Waals surface area contributed by atoms with E-state index in [1.807, 2.05) is 36.4 Å². The third kappa shape index (κ3) is 4.90. The van der Waals surface area contributed by atoms with Gasteiger partial charge in [-0.2, -0.15) is 0 Å². The zero-order chi connectivity index (χ0) is 26.8. The molecule has 0 atom stereocenters. The maximum Gasteiger partial charge on any atom is 0.239 e. The number of benzene rings is 4. The molecule has 1 aromatic heterocycles. The van der Waals surface area contributed by atoms with Crippen LogP contribution in [0.5, 0.6) is 0 Å². The van der Waals surface area contributed by atoms with Gasteiger partial charge in [-0.25, -0.2) is 0 Å². The van der Waals surface area contributed by atoms with Crippen molar-refractivity contribution >= 4 is 5.71 Å². The van der Waals surface area contributed by atoms with Crippen molar-refractivity contribution in [2.45, 2.75) is 41.5 Å². The number of aromatic nitrogens is 2. The molecule has 5 aromatic rings. The smallest absolute Gasteiger partial charge is 0.239 e. The Labute approximate surface area is 225 Å². The molecule has 4 nitrogen and oxygen atoms in total. The lowest BCUT2D eigenvalue weighted by atomic mass is 10.0. The molecular weight excluding hydrogens is 464 g/mol. The normalized spacial score (nSPS) is 10.9. The van der Waals surface area contributed by atoms with E-state index in [0.29, 0.717) is 0 Å². The van der Waals surface area contributed by atoms with Crippen LogP contribution >= 0.6 is 0 Å². The van der Waals surface area contributed by atoms with Gasteiger partial charge in [0.05, 0.1) is 11.4 Å². The Morgan fingerprint density at radius 1 is 0.526 bits per heavy atom. The molecule has 0 fully saturated rings. The summed E-state index contributed by atoms with van der Waals surface area (Å²) in [6, 6.07) is 29.4. The summed E-state index contributed by atoms with van der Waals surface area (Å²) < 4.78 is 4.33. The van der Waals surface area contributed by atoms with Gasteiger partial charge in [0, 0.05) is 23.5 Å². The first-order valence-corrected chi connectivity index (χ1v) is 13.0. The zero-order valence-electron chi connectivity index (χ0n) is 23.0. The van der Waals surface area contributed by atoms with Crippen LogP contribution in [0.15, 0.2) is 108 Å². The Morgan fingerprint density at radius 3 is 1.26 bits per heavy atom. The van der Waals surface area contributed by atoms with Crippen molar-refractivity contribution in [3.05, 3.63) is 147 Å². The van der Waals surface area contributed by atoms with Gasteiger partial charge in [0.1, 0.15) is 5.71 Å². The summed E-state index contributed by atoms with van der Waals surface area (Å²) in [5, 5.41) is 9.93. The van der Waals surface area contributed by atoms with Gasteiger partial charge < -0.3 is 0 Å².